The van der Waals surface area contributed by atoms with Crippen LogP contribution < -0.4 is 10.2 Å². The topological polar surface area (TPSA) is 96.6 Å². The highest BCUT2D eigenvalue weighted by molar-refractivity contribution is 7.17. The monoisotopic (exact) mass is 488 g/mol. The average molecular weight is 489 g/mol. The molecule has 1 amide bonds. The van der Waals surface area contributed by atoms with Crippen LogP contribution in [0.2, 0.25) is 5.02 Å². The van der Waals surface area contributed by atoms with E-state index >= 15 is 0 Å². The van der Waals surface area contributed by atoms with E-state index < -0.39 is 5.97 Å². The number of nitrogens with one attached hydrogen (secondary N) is 2. The van der Waals surface area contributed by atoms with Crippen LogP contribution in [0.25, 0.3) is 10.9 Å². The van der Waals surface area contributed by atoms with Crippen molar-refractivity contribution in [3.63, 3.8) is 0 Å². The van der Waals surface area contributed by atoms with Crippen molar-refractivity contribution in [3.05, 3.63) is 45.1 Å². The van der Waals surface area contributed by atoms with Crippen molar-refractivity contribution in [3.8, 4) is 0 Å². The number of morpholine rings is 1. The first kappa shape index (κ1) is 22.2. The van der Waals surface area contributed by atoms with Crippen molar-refractivity contribution in [2.24, 2.45) is 0 Å². The van der Waals surface area contributed by atoms with Gasteiger partial charge in [-0.15, -0.1) is 0 Å². The molecule has 3 aromatic rings. The molecule has 1 saturated heterocycles. The predicted octanol–water partition coefficient (Wildman–Crippen LogP) is 3.58. The number of carbonyl (C=O) groups is 2. The minimum Gasteiger partial charge on any atom is -0.465 e. The average Bonchev–Trinajstić information content (AvgIpc) is 3.36. The number of amides is 1. The molecular formula is C23H25ClN4O4S. The number of nitrogens with zero attached hydrogens (tertiary/aromatic N) is 2. The van der Waals surface area contributed by atoms with E-state index in [1.807, 2.05) is 20.0 Å². The van der Waals surface area contributed by atoms with E-state index in [4.69, 9.17) is 26.1 Å². The molecule has 174 valence electrons. The second kappa shape index (κ2) is 8.30. The Morgan fingerprint density at radius 2 is 2.24 bits per heavy atom. The number of benzene rings is 1. The van der Waals surface area contributed by atoms with Gasteiger partial charge in [0.1, 0.15) is 4.88 Å². The minimum absolute atomic E-state index is 0.0404. The van der Waals surface area contributed by atoms with Gasteiger partial charge in [0.2, 0.25) is 0 Å². The van der Waals surface area contributed by atoms with Crippen LogP contribution in [0.3, 0.4) is 0 Å². The number of anilines is 1. The largest absolute Gasteiger partial charge is 0.465 e. The number of H-pyrrole nitrogens is 1. The summed E-state index contributed by atoms with van der Waals surface area (Å²) < 4.78 is 10.7. The highest BCUT2D eigenvalue weighted by Gasteiger charge is 2.35. The molecule has 0 saturated carbocycles. The third kappa shape index (κ3) is 4.09. The van der Waals surface area contributed by atoms with Gasteiger partial charge in [-0.3, -0.25) is 4.79 Å². The summed E-state index contributed by atoms with van der Waals surface area (Å²) in [6.45, 7) is 5.87. The van der Waals surface area contributed by atoms with Crippen LogP contribution in [0.1, 0.15) is 45.1 Å². The maximum atomic E-state index is 12.6. The number of methoxy groups -OCH3 is 1. The highest BCUT2D eigenvalue weighted by Crippen LogP contribution is 2.35. The molecule has 5 rings (SSSR count). The number of halogens is 1. The minimum atomic E-state index is -0.466. The van der Waals surface area contributed by atoms with Crippen molar-refractivity contribution < 1.29 is 19.1 Å². The number of aromatic amines is 1. The number of carbonyl (C=O) groups excluding carboxylic acids is 2. The van der Waals surface area contributed by atoms with E-state index in [2.05, 4.69) is 15.2 Å². The maximum absolute atomic E-state index is 12.6. The van der Waals surface area contributed by atoms with Crippen LogP contribution in [-0.2, 0) is 22.3 Å². The van der Waals surface area contributed by atoms with E-state index in [0.29, 0.717) is 48.1 Å². The first-order chi connectivity index (χ1) is 15.8. The molecule has 1 atom stereocenters. The van der Waals surface area contributed by atoms with Crippen molar-refractivity contribution >= 4 is 50.8 Å². The number of hydrogen-bond donors (Lipinski definition) is 2. The Labute approximate surface area is 200 Å². The Hall–Kier alpha value is -2.62. The molecule has 2 aromatic heterocycles. The molecule has 1 fully saturated rings. The van der Waals surface area contributed by atoms with Gasteiger partial charge in [0.05, 0.1) is 42.6 Å². The van der Waals surface area contributed by atoms with Crippen LogP contribution in [0, 0.1) is 0 Å². The number of ether oxygens (including phenoxy) is 2. The molecule has 0 bridgehead atoms. The SMILES string of the molecule is COC(=O)c1cc2c(C[C@H]3COCCN3c3nc4c(s3)C(=O)NC(C)(C)C4)c[nH]c2cc1Cl. The Balaban J connectivity index is 1.46. The van der Waals surface area contributed by atoms with E-state index in [1.165, 1.54) is 18.4 Å². The quantitative estimate of drug-likeness (QED) is 0.545. The first-order valence-corrected chi connectivity index (χ1v) is 12.0. The summed E-state index contributed by atoms with van der Waals surface area (Å²) in [6.07, 6.45) is 3.33. The lowest BCUT2D eigenvalue weighted by atomic mass is 9.94. The van der Waals surface area contributed by atoms with E-state index in [-0.39, 0.29) is 17.5 Å². The third-order valence-corrected chi connectivity index (χ3v) is 7.59. The van der Waals surface area contributed by atoms with Gasteiger partial charge < -0.3 is 24.7 Å². The number of aromatic nitrogens is 2. The fraction of sp³-hybridized carbons (Fsp3) is 0.435. The zero-order valence-electron chi connectivity index (χ0n) is 18.7. The lowest BCUT2D eigenvalue weighted by Crippen LogP contribution is -2.48. The Bertz CT molecular complexity index is 1250. The smallest absolute Gasteiger partial charge is 0.339 e. The van der Waals surface area contributed by atoms with Crippen LogP contribution in [0.15, 0.2) is 18.3 Å². The molecule has 0 spiro atoms. The molecule has 2 aliphatic rings. The molecule has 4 heterocycles. The van der Waals surface area contributed by atoms with Crippen molar-refractivity contribution in [2.45, 2.75) is 38.3 Å². The van der Waals surface area contributed by atoms with Gasteiger partial charge in [0.25, 0.3) is 5.91 Å². The van der Waals surface area contributed by atoms with Crippen LogP contribution >= 0.6 is 22.9 Å². The summed E-state index contributed by atoms with van der Waals surface area (Å²) in [7, 11) is 1.34. The summed E-state index contributed by atoms with van der Waals surface area (Å²) >= 11 is 7.72. The lowest BCUT2D eigenvalue weighted by Gasteiger charge is -2.35. The van der Waals surface area contributed by atoms with Crippen LogP contribution in [-0.4, -0.2) is 60.3 Å². The summed E-state index contributed by atoms with van der Waals surface area (Å²) in [5.41, 5.74) is 2.80. The normalized spacial score (nSPS) is 19.9. The maximum Gasteiger partial charge on any atom is 0.339 e. The van der Waals surface area contributed by atoms with Crippen molar-refractivity contribution in [1.29, 1.82) is 0 Å². The Kier molecular flexibility index (Phi) is 5.58. The number of hydrogen-bond acceptors (Lipinski definition) is 7. The van der Waals surface area contributed by atoms with Gasteiger partial charge in [-0.2, -0.15) is 0 Å². The molecule has 2 aliphatic heterocycles. The van der Waals surface area contributed by atoms with Gasteiger partial charge >= 0.3 is 5.97 Å². The first-order valence-electron chi connectivity index (χ1n) is 10.8. The Morgan fingerprint density at radius 3 is 3.03 bits per heavy atom. The number of rotatable bonds is 4. The van der Waals surface area contributed by atoms with Crippen LogP contribution in [0.4, 0.5) is 5.13 Å². The summed E-state index contributed by atoms with van der Waals surface area (Å²) in [5, 5.41) is 5.17. The molecule has 2 N–H and O–H groups in total. The molecule has 33 heavy (non-hydrogen) atoms. The van der Waals surface area contributed by atoms with E-state index in [1.54, 1.807) is 12.1 Å². The molecule has 8 nitrogen and oxygen atoms in total. The fourth-order valence-electron chi connectivity index (χ4n) is 4.55. The highest BCUT2D eigenvalue weighted by atomic mass is 35.5. The van der Waals surface area contributed by atoms with Gasteiger partial charge in [-0.1, -0.05) is 22.9 Å². The number of esters is 1. The van der Waals surface area contributed by atoms with Gasteiger partial charge in [0, 0.05) is 35.6 Å². The summed E-state index contributed by atoms with van der Waals surface area (Å²) in [5.74, 6) is -0.523. The molecule has 1 aromatic carbocycles. The van der Waals surface area contributed by atoms with Gasteiger partial charge in [-0.25, -0.2) is 9.78 Å². The zero-order valence-corrected chi connectivity index (χ0v) is 20.2. The molecule has 0 unspecified atom stereocenters. The van der Waals surface area contributed by atoms with Crippen molar-refractivity contribution in [2.75, 3.05) is 31.8 Å². The predicted molar refractivity (Wildman–Crippen MR) is 128 cm³/mol. The van der Waals surface area contributed by atoms with Gasteiger partial charge in [-0.05, 0) is 38.0 Å². The molecule has 0 aliphatic carbocycles. The summed E-state index contributed by atoms with van der Waals surface area (Å²) in [6, 6.07) is 3.56. The summed E-state index contributed by atoms with van der Waals surface area (Å²) in [4.78, 5) is 35.8. The van der Waals surface area contributed by atoms with Crippen molar-refractivity contribution in [1.82, 2.24) is 15.3 Å². The molecule has 0 radical (unpaired) electrons. The van der Waals surface area contributed by atoms with E-state index in [9.17, 15) is 9.59 Å². The lowest BCUT2D eigenvalue weighted by molar-refractivity contribution is 0.0601. The van der Waals surface area contributed by atoms with Gasteiger partial charge in [0.15, 0.2) is 5.13 Å². The standard InChI is InChI=1S/C23H25ClN4O4S/c1-23(2)9-18-19(20(29)27-23)33-22(26-18)28-4-5-32-11-13(28)6-12-10-25-17-8-16(24)15(7-14(12)17)21(30)31-3/h7-8,10,13,25H,4-6,9,11H2,1-3H3,(H,27,29)/t13-/m0/s1. The van der Waals surface area contributed by atoms with E-state index in [0.717, 1.165) is 27.3 Å². The fourth-order valence-corrected chi connectivity index (χ4v) is 5.87. The Morgan fingerprint density at radius 1 is 1.42 bits per heavy atom. The second-order valence-corrected chi connectivity index (χ2v) is 10.5. The molecular weight excluding hydrogens is 464 g/mol. The van der Waals surface area contributed by atoms with Crippen LogP contribution in [0.5, 0.6) is 0 Å². The number of thiazole rings is 1. The third-order valence-electron chi connectivity index (χ3n) is 6.14. The molecule has 10 heteroatoms. The zero-order chi connectivity index (χ0) is 23.3. The second-order valence-electron chi connectivity index (χ2n) is 9.10. The number of fused-ring (bicyclic) bond motifs is 2.